The molecule has 2 aromatic rings. The van der Waals surface area contributed by atoms with Gasteiger partial charge >= 0.3 is 0 Å². The molecule has 1 N–H and O–H groups in total. The number of hydrogen-bond acceptors (Lipinski definition) is 3. The van der Waals surface area contributed by atoms with Gasteiger partial charge < -0.3 is 4.74 Å². The fourth-order valence-corrected chi connectivity index (χ4v) is 3.52. The summed E-state index contributed by atoms with van der Waals surface area (Å²) in [7, 11) is -2.30. The summed E-state index contributed by atoms with van der Waals surface area (Å²) in [4.78, 5) is 0. The maximum Gasteiger partial charge on any atom is 0.216 e. The summed E-state index contributed by atoms with van der Waals surface area (Å²) in [6, 6.07) is 8.87. The maximum atomic E-state index is 13.7. The monoisotopic (exact) mass is 341 g/mol. The summed E-state index contributed by atoms with van der Waals surface area (Å²) in [6.07, 6.45) is 0. The Morgan fingerprint density at radius 2 is 1.78 bits per heavy atom. The van der Waals surface area contributed by atoms with E-state index in [1.165, 1.54) is 43.5 Å². The molecule has 0 radical (unpaired) electrons. The predicted molar refractivity (Wildman–Crippen MR) is 83.5 cm³/mol. The van der Waals surface area contributed by atoms with Crippen LogP contribution in [0.5, 0.6) is 5.75 Å². The van der Waals surface area contributed by atoms with Crippen molar-refractivity contribution in [3.63, 3.8) is 0 Å². The van der Waals surface area contributed by atoms with E-state index in [9.17, 15) is 17.2 Å². The van der Waals surface area contributed by atoms with Gasteiger partial charge in [-0.2, -0.15) is 0 Å². The van der Waals surface area contributed by atoms with Crippen LogP contribution in [0.1, 0.15) is 24.1 Å². The number of halogens is 2. The molecule has 0 aliphatic carbocycles. The molecular weight excluding hydrogens is 324 g/mol. The molecule has 2 rings (SSSR count). The number of methoxy groups -OCH3 is 1. The topological polar surface area (TPSA) is 55.4 Å². The second kappa shape index (κ2) is 7.06. The van der Waals surface area contributed by atoms with Crippen LogP contribution in [-0.2, 0) is 15.8 Å². The summed E-state index contributed by atoms with van der Waals surface area (Å²) in [5, 5.41) is 0. The highest BCUT2D eigenvalue weighted by molar-refractivity contribution is 7.88. The zero-order valence-corrected chi connectivity index (χ0v) is 13.5. The van der Waals surface area contributed by atoms with E-state index in [1.54, 1.807) is 13.0 Å². The van der Waals surface area contributed by atoms with Crippen molar-refractivity contribution in [2.75, 3.05) is 7.11 Å². The Kier molecular flexibility index (Phi) is 5.33. The first-order valence-electron chi connectivity index (χ1n) is 6.88. The van der Waals surface area contributed by atoms with E-state index < -0.39 is 27.7 Å². The molecule has 0 saturated heterocycles. The number of nitrogens with one attached hydrogen (secondary N) is 1. The van der Waals surface area contributed by atoms with Crippen LogP contribution in [0.15, 0.2) is 42.5 Å². The Balaban J connectivity index is 2.10. The van der Waals surface area contributed by atoms with Gasteiger partial charge in [0.15, 0.2) is 11.6 Å². The average molecular weight is 341 g/mol. The molecule has 0 spiro atoms. The van der Waals surface area contributed by atoms with E-state index in [1.807, 2.05) is 0 Å². The van der Waals surface area contributed by atoms with Crippen molar-refractivity contribution >= 4 is 10.0 Å². The van der Waals surface area contributed by atoms with Crippen LogP contribution in [0.3, 0.4) is 0 Å². The van der Waals surface area contributed by atoms with Gasteiger partial charge in [0.1, 0.15) is 5.82 Å². The number of benzene rings is 2. The summed E-state index contributed by atoms with van der Waals surface area (Å²) < 4.78 is 58.1. The Bertz CT molecular complexity index is 776. The van der Waals surface area contributed by atoms with Crippen molar-refractivity contribution in [3.05, 3.63) is 65.2 Å². The van der Waals surface area contributed by atoms with Crippen LogP contribution in [0, 0.1) is 11.6 Å². The lowest BCUT2D eigenvalue weighted by Crippen LogP contribution is -2.28. The van der Waals surface area contributed by atoms with Gasteiger partial charge in [-0.05, 0) is 42.3 Å². The lowest BCUT2D eigenvalue weighted by atomic mass is 10.1. The Morgan fingerprint density at radius 1 is 1.13 bits per heavy atom. The van der Waals surface area contributed by atoms with Crippen LogP contribution in [-0.4, -0.2) is 15.5 Å². The lowest BCUT2D eigenvalue weighted by Gasteiger charge is -2.15. The predicted octanol–water partition coefficient (Wildman–Crippen LogP) is 3.15. The molecule has 1 atom stereocenters. The second-order valence-electron chi connectivity index (χ2n) is 5.12. The second-order valence-corrected chi connectivity index (χ2v) is 6.87. The number of sulfonamides is 1. The Hall–Kier alpha value is -1.99. The molecule has 7 heteroatoms. The first-order valence-corrected chi connectivity index (χ1v) is 8.54. The normalized spacial score (nSPS) is 12.9. The van der Waals surface area contributed by atoms with Crippen LogP contribution >= 0.6 is 0 Å². The third kappa shape index (κ3) is 4.74. The van der Waals surface area contributed by atoms with Gasteiger partial charge in [0, 0.05) is 6.04 Å². The zero-order chi connectivity index (χ0) is 17.0. The Morgan fingerprint density at radius 3 is 2.35 bits per heavy atom. The van der Waals surface area contributed by atoms with E-state index in [-0.39, 0.29) is 11.5 Å². The van der Waals surface area contributed by atoms with E-state index >= 15 is 0 Å². The van der Waals surface area contributed by atoms with E-state index in [4.69, 9.17) is 4.74 Å². The molecule has 0 fully saturated rings. The minimum Gasteiger partial charge on any atom is -0.494 e. The van der Waals surface area contributed by atoms with Crippen molar-refractivity contribution < 1.29 is 21.9 Å². The van der Waals surface area contributed by atoms with Gasteiger partial charge in [0.05, 0.1) is 12.9 Å². The van der Waals surface area contributed by atoms with Gasteiger partial charge in [-0.3, -0.25) is 0 Å². The third-order valence-corrected chi connectivity index (χ3v) is 4.73. The molecule has 0 aliphatic heterocycles. The van der Waals surface area contributed by atoms with Gasteiger partial charge in [-0.1, -0.05) is 18.2 Å². The van der Waals surface area contributed by atoms with E-state index in [2.05, 4.69) is 4.72 Å². The fourth-order valence-electron chi connectivity index (χ4n) is 2.13. The summed E-state index contributed by atoms with van der Waals surface area (Å²) >= 11 is 0. The summed E-state index contributed by atoms with van der Waals surface area (Å²) in [5.41, 5.74) is 0.943. The number of rotatable bonds is 6. The fraction of sp³-hybridized carbons (Fsp3) is 0.250. The smallest absolute Gasteiger partial charge is 0.216 e. The summed E-state index contributed by atoms with van der Waals surface area (Å²) in [6.45, 7) is 1.61. The van der Waals surface area contributed by atoms with Crippen molar-refractivity contribution in [2.45, 2.75) is 18.7 Å². The highest BCUT2D eigenvalue weighted by Gasteiger charge is 2.18. The molecule has 0 heterocycles. The van der Waals surface area contributed by atoms with Crippen molar-refractivity contribution in [2.24, 2.45) is 0 Å². The van der Waals surface area contributed by atoms with Crippen molar-refractivity contribution in [1.29, 1.82) is 0 Å². The van der Waals surface area contributed by atoms with E-state index in [0.29, 0.717) is 11.1 Å². The van der Waals surface area contributed by atoms with Gasteiger partial charge in [-0.15, -0.1) is 0 Å². The number of hydrogen-bond donors (Lipinski definition) is 1. The highest BCUT2D eigenvalue weighted by atomic mass is 32.2. The van der Waals surface area contributed by atoms with Crippen LogP contribution < -0.4 is 9.46 Å². The zero-order valence-electron chi connectivity index (χ0n) is 12.7. The first-order chi connectivity index (χ1) is 10.8. The first kappa shape index (κ1) is 17.4. The molecule has 124 valence electrons. The largest absolute Gasteiger partial charge is 0.494 e. The molecule has 1 unspecified atom stereocenters. The van der Waals surface area contributed by atoms with Gasteiger partial charge in [0.2, 0.25) is 10.0 Å². The third-order valence-electron chi connectivity index (χ3n) is 3.30. The molecule has 4 nitrogen and oxygen atoms in total. The molecule has 0 amide bonds. The molecule has 2 aromatic carbocycles. The van der Waals surface area contributed by atoms with Gasteiger partial charge in [-0.25, -0.2) is 21.9 Å². The quantitative estimate of drug-likeness (QED) is 0.878. The molecule has 0 bridgehead atoms. The highest BCUT2D eigenvalue weighted by Crippen LogP contribution is 2.22. The van der Waals surface area contributed by atoms with Crippen LogP contribution in [0.4, 0.5) is 8.78 Å². The Labute approximate surface area is 134 Å². The molecule has 0 aromatic heterocycles. The minimum absolute atomic E-state index is 0.0927. The molecule has 0 aliphatic rings. The minimum atomic E-state index is -3.65. The van der Waals surface area contributed by atoms with Crippen LogP contribution in [0.2, 0.25) is 0 Å². The van der Waals surface area contributed by atoms with E-state index in [0.717, 1.165) is 0 Å². The standard InChI is InChI=1S/C16H17F2NO3S/c1-11(13-5-8-16(22-2)15(18)9-13)19-23(20,21)10-12-3-6-14(17)7-4-12/h3-9,11,19H,10H2,1-2H3. The SMILES string of the molecule is COc1ccc(C(C)NS(=O)(=O)Cc2ccc(F)cc2)cc1F. The molecule has 23 heavy (non-hydrogen) atoms. The number of ether oxygens (including phenoxy) is 1. The molecule has 0 saturated carbocycles. The van der Waals surface area contributed by atoms with Crippen molar-refractivity contribution in [1.82, 2.24) is 4.72 Å². The summed E-state index contributed by atoms with van der Waals surface area (Å²) in [5.74, 6) is -1.18. The lowest BCUT2D eigenvalue weighted by molar-refractivity contribution is 0.386. The van der Waals surface area contributed by atoms with Gasteiger partial charge in [0.25, 0.3) is 0 Å². The van der Waals surface area contributed by atoms with Crippen molar-refractivity contribution in [3.8, 4) is 5.75 Å². The average Bonchev–Trinajstić information content (AvgIpc) is 2.48. The molecular formula is C16H17F2NO3S. The maximum absolute atomic E-state index is 13.7. The van der Waals surface area contributed by atoms with Crippen LogP contribution in [0.25, 0.3) is 0 Å².